The Morgan fingerprint density at radius 3 is 1.53 bits per heavy atom. The summed E-state index contributed by atoms with van der Waals surface area (Å²) in [5.74, 6) is -1.24. The predicted octanol–water partition coefficient (Wildman–Crippen LogP) is 13.0. The molecule has 6 N–H and O–H groups in total. The van der Waals surface area contributed by atoms with Gasteiger partial charge in [-0.1, -0.05) is 209 Å². The number of unbranched alkanes of at least 4 members (excludes halogenated alkanes) is 21. The lowest BCUT2D eigenvalue weighted by atomic mass is 9.99. The number of nitrogens with one attached hydrogen (secondary N) is 1. The zero-order valence-electron chi connectivity index (χ0n) is 45.5. The van der Waals surface area contributed by atoms with Crippen LogP contribution >= 0.6 is 0 Å². The Balaban J connectivity index is 2.72. The van der Waals surface area contributed by atoms with Crippen LogP contribution in [0, 0.1) is 0 Å². The maximum atomic E-state index is 13.3. The van der Waals surface area contributed by atoms with Crippen molar-refractivity contribution in [1.82, 2.24) is 5.32 Å². The molecule has 1 heterocycles. The first-order valence-corrected chi connectivity index (χ1v) is 28.9. The lowest BCUT2D eigenvalue weighted by molar-refractivity contribution is -0.305. The van der Waals surface area contributed by atoms with Crippen LogP contribution in [0.5, 0.6) is 0 Å². The number of aliphatic hydroxyl groups is 5. The van der Waals surface area contributed by atoms with Crippen molar-refractivity contribution in [2.24, 2.45) is 0 Å². The quantitative estimate of drug-likeness (QED) is 0.0196. The molecule has 0 radical (unpaired) electrons. The van der Waals surface area contributed by atoms with Crippen LogP contribution in [-0.4, -0.2) is 99.6 Å². The molecule has 1 aliphatic rings. The molecule has 0 bridgehead atoms. The van der Waals surface area contributed by atoms with Crippen LogP contribution in [-0.2, 0) is 23.8 Å². The van der Waals surface area contributed by atoms with E-state index in [0.29, 0.717) is 12.8 Å². The zero-order chi connectivity index (χ0) is 52.5. The van der Waals surface area contributed by atoms with Crippen LogP contribution in [0.4, 0.5) is 0 Å². The van der Waals surface area contributed by atoms with Crippen molar-refractivity contribution < 1.29 is 49.3 Å². The summed E-state index contributed by atoms with van der Waals surface area (Å²) in [6.07, 6.45) is 52.0. The number of allylic oxidation sites excluding steroid dienone is 13. The van der Waals surface area contributed by atoms with Gasteiger partial charge in [-0.2, -0.15) is 0 Å². The maximum Gasteiger partial charge on any atom is 0.306 e. The minimum Gasteiger partial charge on any atom is -0.454 e. The molecule has 72 heavy (non-hydrogen) atoms. The molecule has 8 unspecified atom stereocenters. The molecule has 0 spiro atoms. The third-order valence-corrected chi connectivity index (χ3v) is 13.0. The molecule has 414 valence electrons. The minimum atomic E-state index is -1.63. The fraction of sp³-hybridized carbons (Fsp3) is 0.738. The first kappa shape index (κ1) is 66.9. The fourth-order valence-electron chi connectivity index (χ4n) is 8.44. The molecule has 0 aromatic carbocycles. The number of hydrogen-bond donors (Lipinski definition) is 6. The molecule has 0 aromatic heterocycles. The highest BCUT2D eigenvalue weighted by Crippen LogP contribution is 2.26. The van der Waals surface area contributed by atoms with Crippen LogP contribution < -0.4 is 5.32 Å². The second kappa shape index (κ2) is 48.8. The van der Waals surface area contributed by atoms with Crippen molar-refractivity contribution in [3.05, 3.63) is 85.1 Å². The van der Waals surface area contributed by atoms with E-state index in [1.165, 1.54) is 64.2 Å². The number of hydrogen-bond acceptors (Lipinski definition) is 10. The highest BCUT2D eigenvalue weighted by Gasteiger charge is 2.47. The summed E-state index contributed by atoms with van der Waals surface area (Å²) in [6.45, 7) is 5.59. The summed E-state index contributed by atoms with van der Waals surface area (Å²) in [6, 6.07) is -1.04. The molecule has 11 heteroatoms. The van der Waals surface area contributed by atoms with Crippen molar-refractivity contribution in [1.29, 1.82) is 0 Å². The van der Waals surface area contributed by atoms with Gasteiger partial charge in [-0.3, -0.25) is 9.59 Å². The number of ether oxygens (including phenoxy) is 3. The Morgan fingerprint density at radius 1 is 0.556 bits per heavy atom. The van der Waals surface area contributed by atoms with E-state index in [9.17, 15) is 35.1 Å². The Morgan fingerprint density at radius 2 is 1.00 bits per heavy atom. The summed E-state index contributed by atoms with van der Waals surface area (Å²) in [4.78, 5) is 26.4. The summed E-state index contributed by atoms with van der Waals surface area (Å²) < 4.78 is 17.5. The number of aliphatic hydroxyl groups excluding tert-OH is 5. The van der Waals surface area contributed by atoms with Crippen molar-refractivity contribution in [2.45, 2.75) is 275 Å². The standard InChI is InChI=1S/C61H105NO10/c1-4-7-10-13-16-19-22-24-25-26-27-28-29-31-34-37-40-43-46-49-56(66)72-59-58(68)57(67)55(50-63)71-61(59)70-51-52(53(64)47-44-41-38-35-32-21-18-15-12-9-6-3)62-60(69)54(65)48-45-42-39-36-33-30-23-20-17-14-11-8-5-2/h8,11,16-17,19-20,24-25,27-28,30,33,44,47,52-55,57-59,61,63-65,67-68H,4-7,9-10,12-15,18,21-23,26,29,31-32,34-43,45-46,48-51H2,1-3H3,(H,62,69)/b11-8+,19-16-,20-17+,25-24-,28-27-,33-30+,47-44+. The van der Waals surface area contributed by atoms with E-state index >= 15 is 0 Å². The van der Waals surface area contributed by atoms with Gasteiger partial charge in [-0.15, -0.1) is 0 Å². The predicted molar refractivity (Wildman–Crippen MR) is 296 cm³/mol. The van der Waals surface area contributed by atoms with Gasteiger partial charge in [-0.25, -0.2) is 0 Å². The first-order valence-electron chi connectivity index (χ1n) is 28.9. The van der Waals surface area contributed by atoms with E-state index in [1.54, 1.807) is 6.08 Å². The third kappa shape index (κ3) is 36.7. The Bertz CT molecular complexity index is 1490. The Hall–Kier alpha value is -3.16. The van der Waals surface area contributed by atoms with Gasteiger partial charge in [0, 0.05) is 6.42 Å². The maximum absolute atomic E-state index is 13.3. The first-order chi connectivity index (χ1) is 35.2. The molecule has 1 saturated heterocycles. The highest BCUT2D eigenvalue weighted by atomic mass is 16.7. The fourth-order valence-corrected chi connectivity index (χ4v) is 8.44. The van der Waals surface area contributed by atoms with Gasteiger partial charge in [0.1, 0.15) is 24.4 Å². The van der Waals surface area contributed by atoms with Crippen LogP contribution in [0.3, 0.4) is 0 Å². The molecule has 8 atom stereocenters. The van der Waals surface area contributed by atoms with Gasteiger partial charge in [0.25, 0.3) is 0 Å². The lowest BCUT2D eigenvalue weighted by Crippen LogP contribution is -2.61. The number of carbonyl (C=O) groups excluding carboxylic acids is 2. The lowest BCUT2D eigenvalue weighted by Gasteiger charge is -2.41. The largest absolute Gasteiger partial charge is 0.454 e. The van der Waals surface area contributed by atoms with Gasteiger partial charge in [0.05, 0.1) is 25.4 Å². The second-order valence-electron chi connectivity index (χ2n) is 19.6. The number of rotatable bonds is 47. The van der Waals surface area contributed by atoms with Gasteiger partial charge < -0.3 is 45.1 Å². The van der Waals surface area contributed by atoms with Crippen molar-refractivity contribution in [3.8, 4) is 0 Å². The number of carbonyl (C=O) groups is 2. The smallest absolute Gasteiger partial charge is 0.306 e. The summed E-state index contributed by atoms with van der Waals surface area (Å²) >= 11 is 0. The van der Waals surface area contributed by atoms with E-state index in [-0.39, 0.29) is 19.4 Å². The topological polar surface area (TPSA) is 175 Å². The van der Waals surface area contributed by atoms with E-state index in [4.69, 9.17) is 14.2 Å². The Kier molecular flexibility index (Phi) is 45.3. The van der Waals surface area contributed by atoms with Crippen molar-refractivity contribution in [3.63, 3.8) is 0 Å². The van der Waals surface area contributed by atoms with E-state index in [1.807, 2.05) is 6.08 Å². The van der Waals surface area contributed by atoms with E-state index in [0.717, 1.165) is 116 Å². The molecular formula is C61H105NO10. The summed E-state index contributed by atoms with van der Waals surface area (Å²) in [7, 11) is 0. The van der Waals surface area contributed by atoms with Gasteiger partial charge in [0.15, 0.2) is 12.4 Å². The van der Waals surface area contributed by atoms with E-state index in [2.05, 4.69) is 99.0 Å². The molecule has 11 nitrogen and oxygen atoms in total. The highest BCUT2D eigenvalue weighted by molar-refractivity contribution is 5.80. The Labute approximate surface area is 438 Å². The third-order valence-electron chi connectivity index (χ3n) is 13.0. The summed E-state index contributed by atoms with van der Waals surface area (Å²) in [5, 5.41) is 56.7. The SMILES string of the molecule is CC/C=C/C/C=C/C/C=C/CCCCCC(O)C(=O)NC(COC1OC(CO)C(O)C(O)C1OC(=O)CCCCCCCC/C=C\C/C=C\C/C=C\CCCCC)C(O)/C=C/CCCCCCCCCCC. The van der Waals surface area contributed by atoms with Crippen LogP contribution in [0.2, 0.25) is 0 Å². The number of esters is 1. The zero-order valence-corrected chi connectivity index (χ0v) is 45.5. The molecule has 1 rings (SSSR count). The monoisotopic (exact) mass is 1010 g/mol. The van der Waals surface area contributed by atoms with Crippen LogP contribution in [0.25, 0.3) is 0 Å². The van der Waals surface area contributed by atoms with Crippen molar-refractivity contribution in [2.75, 3.05) is 13.2 Å². The molecule has 1 aliphatic heterocycles. The molecule has 0 aliphatic carbocycles. The molecule has 0 aromatic rings. The number of amides is 1. The van der Waals surface area contributed by atoms with E-state index < -0.39 is 67.4 Å². The van der Waals surface area contributed by atoms with Gasteiger partial charge >= 0.3 is 5.97 Å². The van der Waals surface area contributed by atoms with Gasteiger partial charge in [0.2, 0.25) is 5.91 Å². The minimum absolute atomic E-state index is 0.102. The second-order valence-corrected chi connectivity index (χ2v) is 19.6. The average Bonchev–Trinajstić information content (AvgIpc) is 3.38. The molecule has 1 fully saturated rings. The van der Waals surface area contributed by atoms with Crippen LogP contribution in [0.1, 0.15) is 226 Å². The molecule has 1 amide bonds. The molecule has 0 saturated carbocycles. The van der Waals surface area contributed by atoms with Gasteiger partial charge in [-0.05, 0) is 96.3 Å². The molecular weight excluding hydrogens is 907 g/mol. The average molecular weight is 1010 g/mol. The summed E-state index contributed by atoms with van der Waals surface area (Å²) in [5.41, 5.74) is 0. The normalized spacial score (nSPS) is 20.1. The van der Waals surface area contributed by atoms with Crippen LogP contribution in [0.15, 0.2) is 85.1 Å². The van der Waals surface area contributed by atoms with Crippen molar-refractivity contribution >= 4 is 11.9 Å².